The Hall–Kier alpha value is -3.76. The van der Waals surface area contributed by atoms with Gasteiger partial charge in [-0.1, -0.05) is 61.7 Å². The molecule has 1 amide bonds. The first-order valence-electron chi connectivity index (χ1n) is 17.0. The molecule has 238 valence electrons. The van der Waals surface area contributed by atoms with E-state index in [1.54, 1.807) is 18.3 Å². The number of nitrogens with one attached hydrogen (secondary N) is 1. The number of rotatable bonds is 9. The van der Waals surface area contributed by atoms with Crippen molar-refractivity contribution in [3.63, 3.8) is 0 Å². The molecular weight excluding hydrogens is 556 g/mol. The zero-order valence-corrected chi connectivity index (χ0v) is 27.5. The van der Waals surface area contributed by atoms with Gasteiger partial charge in [0.2, 0.25) is 0 Å². The number of carbonyl (C=O) groups is 1. The minimum Gasteiger partial charge on any atom is -0.381 e. The average Bonchev–Trinajstić information content (AvgIpc) is 3.05. The molecule has 1 aromatic heterocycles. The van der Waals surface area contributed by atoms with Gasteiger partial charge in [-0.3, -0.25) is 9.79 Å². The van der Waals surface area contributed by atoms with Crippen molar-refractivity contribution in [1.29, 1.82) is 5.26 Å². The van der Waals surface area contributed by atoms with E-state index in [2.05, 4.69) is 84.6 Å². The molecule has 1 saturated carbocycles. The van der Waals surface area contributed by atoms with Crippen molar-refractivity contribution < 1.29 is 4.79 Å². The lowest BCUT2D eigenvalue weighted by Crippen LogP contribution is -2.47. The van der Waals surface area contributed by atoms with Gasteiger partial charge in [0.15, 0.2) is 0 Å². The fourth-order valence-electron chi connectivity index (χ4n) is 7.41. The van der Waals surface area contributed by atoms with Gasteiger partial charge in [0, 0.05) is 37.1 Å². The van der Waals surface area contributed by atoms with Crippen LogP contribution in [0.15, 0.2) is 77.2 Å². The number of aliphatic imine (C=N–C) groups is 1. The van der Waals surface area contributed by atoms with E-state index in [1.165, 1.54) is 43.4 Å². The first kappa shape index (κ1) is 32.6. The van der Waals surface area contributed by atoms with Crippen LogP contribution in [0.1, 0.15) is 106 Å². The summed E-state index contributed by atoms with van der Waals surface area (Å²) in [5.41, 5.74) is 5.40. The zero-order chi connectivity index (χ0) is 31.6. The molecule has 7 heteroatoms. The van der Waals surface area contributed by atoms with Gasteiger partial charge in [-0.15, -0.1) is 0 Å². The van der Waals surface area contributed by atoms with E-state index in [-0.39, 0.29) is 17.0 Å². The molecule has 0 spiro atoms. The molecule has 1 aromatic carbocycles. The molecule has 2 fully saturated rings. The average molecular weight is 607 g/mol. The van der Waals surface area contributed by atoms with Crippen LogP contribution in [-0.2, 0) is 5.41 Å². The van der Waals surface area contributed by atoms with Gasteiger partial charge in [0.1, 0.15) is 11.8 Å². The number of nitrogens with zero attached hydrogens (tertiary/aromatic N) is 5. The Labute approximate surface area is 270 Å². The van der Waals surface area contributed by atoms with E-state index < -0.39 is 0 Å². The predicted molar refractivity (Wildman–Crippen MR) is 182 cm³/mol. The Bertz CT molecular complexity index is 1430. The van der Waals surface area contributed by atoms with E-state index in [0.717, 1.165) is 56.5 Å². The molecule has 2 atom stereocenters. The van der Waals surface area contributed by atoms with Crippen LogP contribution in [0.4, 0.5) is 0 Å². The summed E-state index contributed by atoms with van der Waals surface area (Å²) in [5.74, 6) is -0.134. The fourth-order valence-corrected chi connectivity index (χ4v) is 7.41. The second-order valence-electron chi connectivity index (χ2n) is 13.4. The van der Waals surface area contributed by atoms with Gasteiger partial charge in [-0.2, -0.15) is 5.26 Å². The maximum atomic E-state index is 13.4. The third kappa shape index (κ3) is 8.29. The highest BCUT2D eigenvalue weighted by atomic mass is 16.2. The number of amides is 1. The molecule has 45 heavy (non-hydrogen) atoms. The molecule has 1 saturated heterocycles. The Morgan fingerprint density at radius 3 is 2.58 bits per heavy atom. The van der Waals surface area contributed by atoms with Crippen LogP contribution in [0, 0.1) is 11.3 Å². The van der Waals surface area contributed by atoms with Gasteiger partial charge in [-0.05, 0) is 102 Å². The highest BCUT2D eigenvalue weighted by Gasteiger charge is 2.38. The summed E-state index contributed by atoms with van der Waals surface area (Å²) >= 11 is 0. The summed E-state index contributed by atoms with van der Waals surface area (Å²) in [6, 6.07) is 17.4. The molecule has 2 heterocycles. The standard InChI is InChI=1S/C38H50N6O/c1-29(2)41-34-18-10-11-19-35(34)42-32-16-8-5-9-17-33(27-32)43(3)24-20-38(31-14-6-4-7-15-31)21-25-44(26-22-38)37(45)36-30(28-39)13-12-23-40-36/h4,6-7,12-15,18-19,23,32-33,42H,5,8-11,16-17,20-22,24-27H2,1-3H3/t32-,33-/m1/s1. The van der Waals surface area contributed by atoms with Gasteiger partial charge >= 0.3 is 0 Å². The molecule has 2 aliphatic carbocycles. The van der Waals surface area contributed by atoms with E-state index >= 15 is 0 Å². The summed E-state index contributed by atoms with van der Waals surface area (Å²) < 4.78 is 0. The predicted octanol–water partition coefficient (Wildman–Crippen LogP) is 7.17. The Balaban J connectivity index is 1.26. The number of hydrogen-bond acceptors (Lipinski definition) is 6. The monoisotopic (exact) mass is 606 g/mol. The first-order valence-corrected chi connectivity index (χ1v) is 17.0. The molecule has 0 bridgehead atoms. The van der Waals surface area contributed by atoms with Crippen molar-refractivity contribution >= 4 is 11.6 Å². The molecule has 1 N–H and O–H groups in total. The maximum absolute atomic E-state index is 13.4. The van der Waals surface area contributed by atoms with Crippen molar-refractivity contribution in [2.75, 3.05) is 26.7 Å². The van der Waals surface area contributed by atoms with Crippen LogP contribution in [-0.4, -0.2) is 65.2 Å². The second kappa shape index (κ2) is 15.5. The lowest BCUT2D eigenvalue weighted by atomic mass is 9.70. The van der Waals surface area contributed by atoms with Crippen molar-refractivity contribution in [3.8, 4) is 6.07 Å². The summed E-state index contributed by atoms with van der Waals surface area (Å²) in [7, 11) is 2.32. The number of carbonyl (C=O) groups excluding carboxylic acids is 1. The lowest BCUT2D eigenvalue weighted by molar-refractivity contribution is 0.0637. The van der Waals surface area contributed by atoms with Crippen molar-refractivity contribution in [1.82, 2.24) is 20.1 Å². The largest absolute Gasteiger partial charge is 0.381 e. The minimum atomic E-state index is -0.134. The molecule has 0 radical (unpaired) electrons. The lowest BCUT2D eigenvalue weighted by Gasteiger charge is -2.44. The second-order valence-corrected chi connectivity index (χ2v) is 13.4. The Morgan fingerprint density at radius 2 is 1.82 bits per heavy atom. The quantitative estimate of drug-likeness (QED) is 0.306. The van der Waals surface area contributed by atoms with Crippen LogP contribution >= 0.6 is 0 Å². The summed E-state index contributed by atoms with van der Waals surface area (Å²) in [6.07, 6.45) is 18.6. The van der Waals surface area contributed by atoms with Gasteiger partial charge in [0.25, 0.3) is 5.91 Å². The van der Waals surface area contributed by atoms with Crippen LogP contribution in [0.3, 0.4) is 0 Å². The summed E-state index contributed by atoms with van der Waals surface area (Å²) in [4.78, 5) is 27.0. The normalized spacial score (nSPS) is 21.9. The minimum absolute atomic E-state index is 0.0103. The van der Waals surface area contributed by atoms with Gasteiger partial charge < -0.3 is 15.1 Å². The number of pyridine rings is 1. The number of aromatic nitrogens is 1. The van der Waals surface area contributed by atoms with Gasteiger partial charge in [-0.25, -0.2) is 4.98 Å². The third-order valence-corrected chi connectivity index (χ3v) is 10.1. The summed E-state index contributed by atoms with van der Waals surface area (Å²) in [6.45, 7) is 6.50. The Kier molecular flexibility index (Phi) is 11.2. The van der Waals surface area contributed by atoms with Crippen molar-refractivity contribution in [2.45, 2.75) is 102 Å². The number of likely N-dealkylation sites (tertiary alicyclic amines) is 1. The smallest absolute Gasteiger partial charge is 0.273 e. The number of benzene rings is 1. The highest BCUT2D eigenvalue weighted by Crippen LogP contribution is 2.39. The van der Waals surface area contributed by atoms with Gasteiger partial charge in [0.05, 0.1) is 17.0 Å². The molecule has 2 aromatic rings. The third-order valence-electron chi connectivity index (χ3n) is 10.1. The highest BCUT2D eigenvalue weighted by molar-refractivity contribution is 5.94. The van der Waals surface area contributed by atoms with E-state index in [0.29, 0.717) is 30.7 Å². The van der Waals surface area contributed by atoms with E-state index in [4.69, 9.17) is 4.99 Å². The zero-order valence-electron chi connectivity index (χ0n) is 27.5. The fraction of sp³-hybridized carbons (Fsp3) is 0.526. The van der Waals surface area contributed by atoms with Crippen LogP contribution < -0.4 is 5.32 Å². The maximum Gasteiger partial charge on any atom is 0.273 e. The summed E-state index contributed by atoms with van der Waals surface area (Å²) in [5, 5.41) is 13.5. The number of nitriles is 1. The Morgan fingerprint density at radius 1 is 1.07 bits per heavy atom. The molecule has 7 nitrogen and oxygen atoms in total. The molecule has 0 unspecified atom stereocenters. The number of allylic oxidation sites excluding steroid dienone is 2. The molecular formula is C38H50N6O. The van der Waals surface area contributed by atoms with Crippen molar-refractivity contribution in [3.05, 3.63) is 89.0 Å². The number of piperidine rings is 1. The molecule has 5 rings (SSSR count). The van der Waals surface area contributed by atoms with Crippen LogP contribution in [0.5, 0.6) is 0 Å². The molecule has 1 aliphatic heterocycles. The first-order chi connectivity index (χ1) is 21.9. The van der Waals surface area contributed by atoms with Crippen molar-refractivity contribution in [2.24, 2.45) is 4.99 Å². The van der Waals surface area contributed by atoms with E-state index in [1.807, 2.05) is 4.90 Å². The van der Waals surface area contributed by atoms with E-state index in [9.17, 15) is 10.1 Å². The van der Waals surface area contributed by atoms with Crippen LogP contribution in [0.25, 0.3) is 0 Å². The topological polar surface area (TPSA) is 84.6 Å². The van der Waals surface area contributed by atoms with Crippen LogP contribution in [0.2, 0.25) is 0 Å². The molecule has 3 aliphatic rings. The SMILES string of the molecule is CC(C)=NC1=CCCC=C1N[C@@H]1CCCCC[C@@H](N(C)CCC2(c3ccccc3)CCN(C(=O)c3ncccc3C#N)CC2)C1. The number of hydrogen-bond donors (Lipinski definition) is 1.